The van der Waals surface area contributed by atoms with Crippen LogP contribution in [0.15, 0.2) is 24.3 Å². The molecule has 1 fully saturated rings. The van der Waals surface area contributed by atoms with Gasteiger partial charge >= 0.3 is 0 Å². The zero-order valence-corrected chi connectivity index (χ0v) is 16.0. The maximum Gasteiger partial charge on any atom is 0.211 e. The molecular weight excluding hydrogens is 324 g/mol. The first-order chi connectivity index (χ1) is 11.3. The second-order valence-corrected chi connectivity index (χ2v) is 9.02. The summed E-state index contributed by atoms with van der Waals surface area (Å²) >= 11 is 0. The molecule has 1 aromatic rings. The molecule has 0 amide bonds. The highest BCUT2D eigenvalue weighted by atomic mass is 32.2. The van der Waals surface area contributed by atoms with Crippen molar-refractivity contribution in [2.75, 3.05) is 32.5 Å². The van der Waals surface area contributed by atoms with E-state index in [-0.39, 0.29) is 17.7 Å². The van der Waals surface area contributed by atoms with E-state index in [0.717, 1.165) is 25.3 Å². The summed E-state index contributed by atoms with van der Waals surface area (Å²) in [7, 11) is -1.13. The number of nitrogens with zero attached hydrogens (tertiary/aromatic N) is 1. The van der Waals surface area contributed by atoms with Gasteiger partial charge in [-0.15, -0.1) is 0 Å². The van der Waals surface area contributed by atoms with E-state index in [1.807, 2.05) is 12.1 Å². The van der Waals surface area contributed by atoms with Gasteiger partial charge in [0.1, 0.15) is 5.75 Å². The molecule has 0 radical (unpaired) electrons. The highest BCUT2D eigenvalue weighted by Crippen LogP contribution is 2.22. The molecule has 0 bridgehead atoms. The van der Waals surface area contributed by atoms with E-state index in [2.05, 4.69) is 42.6 Å². The molecule has 136 valence electrons. The Morgan fingerprint density at radius 3 is 2.54 bits per heavy atom. The molecule has 0 spiro atoms. The Hall–Kier alpha value is -1.11. The predicted octanol–water partition coefficient (Wildman–Crippen LogP) is 2.45. The molecule has 6 heteroatoms. The number of hydrogen-bond acceptors (Lipinski definition) is 4. The van der Waals surface area contributed by atoms with E-state index in [1.165, 1.54) is 5.56 Å². The van der Waals surface area contributed by atoms with Gasteiger partial charge in [0.2, 0.25) is 10.0 Å². The molecule has 1 N–H and O–H groups in total. The molecule has 1 aromatic carbocycles. The van der Waals surface area contributed by atoms with E-state index >= 15 is 0 Å². The van der Waals surface area contributed by atoms with Crippen LogP contribution in [0.5, 0.6) is 5.75 Å². The smallest absolute Gasteiger partial charge is 0.211 e. The minimum absolute atomic E-state index is 0.0545. The summed E-state index contributed by atoms with van der Waals surface area (Å²) in [4.78, 5) is 2.23. The van der Waals surface area contributed by atoms with E-state index in [1.54, 1.807) is 6.92 Å². The van der Waals surface area contributed by atoms with Gasteiger partial charge < -0.3 is 9.64 Å². The molecule has 0 unspecified atom stereocenters. The molecule has 0 saturated carbocycles. The third kappa shape index (κ3) is 5.46. The Balaban J connectivity index is 1.98. The number of ether oxygens (including phenoxy) is 1. The number of piperidine rings is 1. The largest absolute Gasteiger partial charge is 0.493 e. The minimum Gasteiger partial charge on any atom is -0.493 e. The number of benzene rings is 1. The van der Waals surface area contributed by atoms with Crippen molar-refractivity contribution < 1.29 is 13.2 Å². The van der Waals surface area contributed by atoms with Crippen molar-refractivity contribution in [1.82, 2.24) is 9.62 Å². The van der Waals surface area contributed by atoms with Crippen LogP contribution in [0.3, 0.4) is 0 Å². The van der Waals surface area contributed by atoms with Gasteiger partial charge in [0.05, 0.1) is 12.4 Å². The normalized spacial score (nSPS) is 22.7. The first-order valence-electron chi connectivity index (χ1n) is 8.72. The van der Waals surface area contributed by atoms with Crippen LogP contribution in [0.4, 0.5) is 0 Å². The second-order valence-electron chi connectivity index (χ2n) is 6.97. The van der Waals surface area contributed by atoms with Crippen LogP contribution in [0.25, 0.3) is 0 Å². The third-order valence-electron chi connectivity index (χ3n) is 4.66. The Labute approximate surface area is 146 Å². The predicted molar refractivity (Wildman–Crippen MR) is 98.0 cm³/mol. The Morgan fingerprint density at radius 2 is 1.96 bits per heavy atom. The molecule has 1 saturated heterocycles. The summed E-state index contributed by atoms with van der Waals surface area (Å²) in [6.07, 6.45) is 0.816. The van der Waals surface area contributed by atoms with Gasteiger partial charge in [-0.25, -0.2) is 13.1 Å². The van der Waals surface area contributed by atoms with Gasteiger partial charge in [-0.2, -0.15) is 0 Å². The number of nitrogens with one attached hydrogen (secondary N) is 1. The minimum atomic E-state index is -3.19. The summed E-state index contributed by atoms with van der Waals surface area (Å²) in [5.41, 5.74) is 1.29. The fraction of sp³-hybridized carbons (Fsp3) is 0.667. The molecule has 0 aromatic heterocycles. The molecular formula is C18H30N2O3S. The molecule has 24 heavy (non-hydrogen) atoms. The monoisotopic (exact) mass is 354 g/mol. The zero-order valence-electron chi connectivity index (χ0n) is 15.2. The molecule has 2 rings (SSSR count). The van der Waals surface area contributed by atoms with Crippen molar-refractivity contribution in [2.45, 2.75) is 39.2 Å². The maximum absolute atomic E-state index is 11.9. The van der Waals surface area contributed by atoms with Crippen molar-refractivity contribution in [2.24, 2.45) is 5.92 Å². The second kappa shape index (κ2) is 8.32. The van der Waals surface area contributed by atoms with Gasteiger partial charge in [0.25, 0.3) is 0 Å². The van der Waals surface area contributed by atoms with E-state index in [4.69, 9.17) is 4.74 Å². The summed E-state index contributed by atoms with van der Waals surface area (Å²) in [5, 5.41) is 0. The first-order valence-corrected chi connectivity index (χ1v) is 10.4. The van der Waals surface area contributed by atoms with Crippen LogP contribution in [-0.2, 0) is 10.0 Å². The molecule has 5 nitrogen and oxygen atoms in total. The van der Waals surface area contributed by atoms with Gasteiger partial charge in [0.15, 0.2) is 0 Å². The number of hydrogen-bond donors (Lipinski definition) is 1. The lowest BCUT2D eigenvalue weighted by Gasteiger charge is -2.36. The van der Waals surface area contributed by atoms with E-state index < -0.39 is 10.0 Å². The lowest BCUT2D eigenvalue weighted by atomic mass is 9.94. The van der Waals surface area contributed by atoms with Crippen molar-refractivity contribution in [3.8, 4) is 5.75 Å². The van der Waals surface area contributed by atoms with Crippen LogP contribution in [-0.4, -0.2) is 51.9 Å². The highest BCUT2D eigenvalue weighted by molar-refractivity contribution is 7.89. The van der Waals surface area contributed by atoms with Crippen LogP contribution < -0.4 is 9.46 Å². The Morgan fingerprint density at radius 1 is 1.29 bits per heavy atom. The Kier molecular flexibility index (Phi) is 6.66. The van der Waals surface area contributed by atoms with Crippen LogP contribution >= 0.6 is 0 Å². The van der Waals surface area contributed by atoms with E-state index in [0.29, 0.717) is 12.5 Å². The van der Waals surface area contributed by atoms with Gasteiger partial charge in [-0.05, 0) is 50.6 Å². The average molecular weight is 355 g/mol. The van der Waals surface area contributed by atoms with Crippen LogP contribution in [0.1, 0.15) is 38.7 Å². The molecule has 2 atom stereocenters. The number of rotatable bonds is 7. The molecule has 1 aliphatic rings. The quantitative estimate of drug-likeness (QED) is 0.817. The molecule has 1 heterocycles. The van der Waals surface area contributed by atoms with Crippen molar-refractivity contribution in [3.05, 3.63) is 29.8 Å². The van der Waals surface area contributed by atoms with Gasteiger partial charge in [-0.3, -0.25) is 0 Å². The van der Waals surface area contributed by atoms with E-state index in [9.17, 15) is 8.42 Å². The number of likely N-dealkylation sites (tertiary alicyclic amines) is 1. The van der Waals surface area contributed by atoms with Crippen molar-refractivity contribution >= 4 is 10.0 Å². The average Bonchev–Trinajstić information content (AvgIpc) is 2.55. The SMILES string of the molecule is CCS(=O)(=O)N[C@H]1CCN(C)C[C@@H]1COc1ccc(C(C)C)cc1. The van der Waals surface area contributed by atoms with Crippen LogP contribution in [0.2, 0.25) is 0 Å². The fourth-order valence-corrected chi connectivity index (χ4v) is 3.94. The number of sulfonamides is 1. The topological polar surface area (TPSA) is 58.6 Å². The van der Waals surface area contributed by atoms with Gasteiger partial charge in [0, 0.05) is 18.5 Å². The van der Waals surface area contributed by atoms with Gasteiger partial charge in [-0.1, -0.05) is 26.0 Å². The zero-order chi connectivity index (χ0) is 17.7. The summed E-state index contributed by atoms with van der Waals surface area (Å²) in [6, 6.07) is 8.11. The van der Waals surface area contributed by atoms with Crippen molar-refractivity contribution in [1.29, 1.82) is 0 Å². The third-order valence-corrected chi connectivity index (χ3v) is 6.08. The fourth-order valence-electron chi connectivity index (χ4n) is 3.00. The highest BCUT2D eigenvalue weighted by Gasteiger charge is 2.30. The van der Waals surface area contributed by atoms with Crippen molar-refractivity contribution in [3.63, 3.8) is 0 Å². The standard InChI is InChI=1S/C18H30N2O3S/c1-5-24(21,22)19-18-10-11-20(4)12-16(18)13-23-17-8-6-15(7-9-17)14(2)3/h6-9,14,16,18-19H,5,10-13H2,1-4H3/t16-,18+/m1/s1. The molecule has 1 aliphatic heterocycles. The lowest BCUT2D eigenvalue weighted by Crippen LogP contribution is -2.52. The summed E-state index contributed by atoms with van der Waals surface area (Å²) < 4.78 is 32.6. The first kappa shape index (κ1) is 19.2. The summed E-state index contributed by atoms with van der Waals surface area (Å²) in [6.45, 7) is 8.25. The maximum atomic E-state index is 11.9. The Bertz CT molecular complexity index is 614. The molecule has 0 aliphatic carbocycles. The van der Waals surface area contributed by atoms with Crippen LogP contribution in [0, 0.1) is 5.92 Å². The lowest BCUT2D eigenvalue weighted by molar-refractivity contribution is 0.125. The summed E-state index contributed by atoms with van der Waals surface area (Å²) in [5.74, 6) is 1.60.